The van der Waals surface area contributed by atoms with Crippen molar-refractivity contribution in [3.63, 3.8) is 0 Å². The highest BCUT2D eigenvalue weighted by Crippen LogP contribution is 2.44. The van der Waals surface area contributed by atoms with Crippen molar-refractivity contribution in [1.82, 2.24) is 15.6 Å². The highest BCUT2D eigenvalue weighted by atomic mass is 32.1. The highest BCUT2D eigenvalue weighted by Gasteiger charge is 2.29. The molecule has 3 aromatic rings. The number of rotatable bonds is 10. The van der Waals surface area contributed by atoms with Gasteiger partial charge in [0.15, 0.2) is 0 Å². The number of carboxylic acids is 1. The van der Waals surface area contributed by atoms with Crippen LogP contribution in [0, 0.1) is 0 Å². The smallest absolute Gasteiger partial charge is 0.407 e. The lowest BCUT2D eigenvalue weighted by Crippen LogP contribution is -2.27. The summed E-state index contributed by atoms with van der Waals surface area (Å²) in [4.78, 5) is 39.1. The highest BCUT2D eigenvalue weighted by molar-refractivity contribution is 7.09. The molecular formula is C25H25N3O5S. The number of aliphatic carboxylic acids is 1. The lowest BCUT2D eigenvalue weighted by molar-refractivity contribution is -0.137. The molecule has 1 aromatic heterocycles. The van der Waals surface area contributed by atoms with Gasteiger partial charge in [0.2, 0.25) is 5.91 Å². The molecule has 0 unspecified atom stereocenters. The fourth-order valence-corrected chi connectivity index (χ4v) is 4.74. The Hall–Kier alpha value is -3.72. The molecule has 0 bridgehead atoms. The van der Waals surface area contributed by atoms with Crippen molar-refractivity contribution in [2.75, 3.05) is 13.2 Å². The second kappa shape index (κ2) is 10.9. The number of aromatic nitrogens is 1. The molecule has 176 valence electrons. The van der Waals surface area contributed by atoms with Gasteiger partial charge in [-0.1, -0.05) is 48.5 Å². The van der Waals surface area contributed by atoms with Crippen LogP contribution in [0.25, 0.3) is 11.1 Å². The summed E-state index contributed by atoms with van der Waals surface area (Å²) in [5.41, 5.74) is 5.26. The Labute approximate surface area is 201 Å². The molecule has 0 atom stereocenters. The molecular weight excluding hydrogens is 454 g/mol. The molecule has 3 N–H and O–H groups in total. The number of carboxylic acid groups (broad SMARTS) is 1. The number of hydrogen-bond donors (Lipinski definition) is 3. The van der Waals surface area contributed by atoms with Crippen LogP contribution in [0.3, 0.4) is 0 Å². The lowest BCUT2D eigenvalue weighted by Gasteiger charge is -2.14. The van der Waals surface area contributed by atoms with E-state index in [1.807, 2.05) is 24.3 Å². The number of benzene rings is 2. The van der Waals surface area contributed by atoms with Crippen LogP contribution in [0.15, 0.2) is 53.9 Å². The Morgan fingerprint density at radius 2 is 1.68 bits per heavy atom. The second-order valence-corrected chi connectivity index (χ2v) is 8.88. The number of amides is 2. The molecule has 8 nitrogen and oxygen atoms in total. The molecule has 2 aromatic carbocycles. The zero-order valence-corrected chi connectivity index (χ0v) is 19.3. The predicted molar refractivity (Wildman–Crippen MR) is 128 cm³/mol. The number of thiazole rings is 1. The third-order valence-corrected chi connectivity index (χ3v) is 6.46. The summed E-state index contributed by atoms with van der Waals surface area (Å²) in [5.74, 6) is -1.10. The molecule has 1 aliphatic carbocycles. The van der Waals surface area contributed by atoms with Gasteiger partial charge in [-0.3, -0.25) is 9.59 Å². The first-order chi connectivity index (χ1) is 16.5. The Bertz CT molecular complexity index is 1150. The lowest BCUT2D eigenvalue weighted by atomic mass is 9.98. The quantitative estimate of drug-likeness (QED) is 0.382. The van der Waals surface area contributed by atoms with E-state index in [1.54, 1.807) is 5.38 Å². The average Bonchev–Trinajstić information content (AvgIpc) is 3.41. The van der Waals surface area contributed by atoms with Crippen LogP contribution < -0.4 is 10.6 Å². The van der Waals surface area contributed by atoms with Gasteiger partial charge in [-0.15, -0.1) is 11.3 Å². The largest absolute Gasteiger partial charge is 0.481 e. The number of carbonyl (C=O) groups excluding carboxylic acids is 2. The van der Waals surface area contributed by atoms with Crippen molar-refractivity contribution in [2.45, 2.75) is 31.7 Å². The van der Waals surface area contributed by atoms with E-state index in [0.29, 0.717) is 23.7 Å². The number of fused-ring (bicyclic) bond motifs is 3. The molecule has 1 aliphatic rings. The van der Waals surface area contributed by atoms with E-state index in [2.05, 4.69) is 39.9 Å². The van der Waals surface area contributed by atoms with Gasteiger partial charge in [-0.05, 0) is 28.7 Å². The molecule has 0 radical (unpaired) electrons. The van der Waals surface area contributed by atoms with Gasteiger partial charge in [0.1, 0.15) is 11.6 Å². The molecule has 2 amide bonds. The van der Waals surface area contributed by atoms with Crippen molar-refractivity contribution in [3.8, 4) is 11.1 Å². The molecule has 4 rings (SSSR count). The summed E-state index contributed by atoms with van der Waals surface area (Å²) in [6.07, 6.45) is -0.0141. The molecule has 0 fully saturated rings. The number of carbonyl (C=O) groups is 3. The average molecular weight is 480 g/mol. The van der Waals surface area contributed by atoms with E-state index in [-0.39, 0.29) is 37.8 Å². The summed E-state index contributed by atoms with van der Waals surface area (Å²) >= 11 is 1.35. The van der Waals surface area contributed by atoms with Crippen molar-refractivity contribution in [1.29, 1.82) is 0 Å². The minimum Gasteiger partial charge on any atom is -0.481 e. The van der Waals surface area contributed by atoms with Gasteiger partial charge in [0.25, 0.3) is 0 Å². The maximum atomic E-state index is 12.3. The van der Waals surface area contributed by atoms with Crippen LogP contribution >= 0.6 is 11.3 Å². The van der Waals surface area contributed by atoms with Crippen molar-refractivity contribution in [2.24, 2.45) is 0 Å². The van der Waals surface area contributed by atoms with Crippen molar-refractivity contribution >= 4 is 29.3 Å². The van der Waals surface area contributed by atoms with Gasteiger partial charge in [0.05, 0.1) is 18.7 Å². The van der Waals surface area contributed by atoms with E-state index < -0.39 is 12.1 Å². The van der Waals surface area contributed by atoms with Gasteiger partial charge in [0, 0.05) is 24.3 Å². The minimum atomic E-state index is -0.887. The molecule has 0 spiro atoms. The fraction of sp³-hybridized carbons (Fsp3) is 0.280. The maximum Gasteiger partial charge on any atom is 0.407 e. The van der Waals surface area contributed by atoms with E-state index >= 15 is 0 Å². The summed E-state index contributed by atoms with van der Waals surface area (Å²) in [7, 11) is 0. The minimum absolute atomic E-state index is 0.00127. The van der Waals surface area contributed by atoms with Gasteiger partial charge < -0.3 is 20.5 Å². The zero-order valence-electron chi connectivity index (χ0n) is 18.5. The Balaban J connectivity index is 1.23. The molecule has 9 heteroatoms. The molecule has 0 saturated carbocycles. The summed E-state index contributed by atoms with van der Waals surface area (Å²) in [6, 6.07) is 16.3. The van der Waals surface area contributed by atoms with E-state index in [0.717, 1.165) is 11.1 Å². The maximum absolute atomic E-state index is 12.3. The van der Waals surface area contributed by atoms with Crippen molar-refractivity contribution in [3.05, 3.63) is 75.7 Å². The first-order valence-electron chi connectivity index (χ1n) is 11.0. The summed E-state index contributed by atoms with van der Waals surface area (Å²) in [5, 5.41) is 16.4. The van der Waals surface area contributed by atoms with Crippen LogP contribution in [0.5, 0.6) is 0 Å². The normalized spacial score (nSPS) is 12.0. The van der Waals surface area contributed by atoms with E-state index in [1.165, 1.54) is 22.5 Å². The van der Waals surface area contributed by atoms with Gasteiger partial charge in [-0.2, -0.15) is 0 Å². The third kappa shape index (κ3) is 5.79. The molecule has 34 heavy (non-hydrogen) atoms. The van der Waals surface area contributed by atoms with Crippen LogP contribution in [0.4, 0.5) is 4.79 Å². The number of nitrogens with one attached hydrogen (secondary N) is 2. The number of hydrogen-bond acceptors (Lipinski definition) is 6. The van der Waals surface area contributed by atoms with Crippen LogP contribution in [-0.2, 0) is 27.3 Å². The molecule has 1 heterocycles. The van der Waals surface area contributed by atoms with Crippen LogP contribution in [-0.4, -0.2) is 41.2 Å². The first-order valence-corrected chi connectivity index (χ1v) is 11.9. The number of ether oxygens (including phenoxy) is 1. The predicted octanol–water partition coefficient (Wildman–Crippen LogP) is 3.71. The zero-order chi connectivity index (χ0) is 23.9. The topological polar surface area (TPSA) is 118 Å². The molecule has 0 saturated heterocycles. The van der Waals surface area contributed by atoms with Crippen molar-refractivity contribution < 1.29 is 24.2 Å². The van der Waals surface area contributed by atoms with E-state index in [4.69, 9.17) is 9.84 Å². The Morgan fingerprint density at radius 3 is 2.35 bits per heavy atom. The second-order valence-electron chi connectivity index (χ2n) is 7.94. The molecule has 0 aliphatic heterocycles. The SMILES string of the molecule is O=C(O)CCCNC(=O)Cc1csc(CNC(=O)OCC2c3ccccc3-c3ccccc32)n1. The summed E-state index contributed by atoms with van der Waals surface area (Å²) < 4.78 is 5.53. The summed E-state index contributed by atoms with van der Waals surface area (Å²) in [6.45, 7) is 0.762. The third-order valence-electron chi connectivity index (χ3n) is 5.56. The standard InChI is InChI=1S/C25H25N3O5S/c29-22(26-11-5-10-24(30)31)12-16-15-34-23(28-16)13-27-25(32)33-14-21-19-8-3-1-6-17(19)18-7-2-4-9-20(18)21/h1-4,6-9,15,21H,5,10-14H2,(H,26,29)(H,27,32)(H,30,31). The number of alkyl carbamates (subject to hydrolysis) is 1. The van der Waals surface area contributed by atoms with E-state index in [9.17, 15) is 14.4 Å². The fourth-order valence-electron chi connectivity index (χ4n) is 4.00. The van der Waals surface area contributed by atoms with Gasteiger partial charge >= 0.3 is 12.1 Å². The monoisotopic (exact) mass is 479 g/mol. The Morgan fingerprint density at radius 1 is 1.00 bits per heavy atom. The Kier molecular flexibility index (Phi) is 7.54. The first kappa shape index (κ1) is 23.4. The van der Waals surface area contributed by atoms with Crippen LogP contribution in [0.1, 0.15) is 40.6 Å². The number of nitrogens with zero attached hydrogens (tertiary/aromatic N) is 1. The van der Waals surface area contributed by atoms with Crippen LogP contribution in [0.2, 0.25) is 0 Å². The van der Waals surface area contributed by atoms with Gasteiger partial charge in [-0.25, -0.2) is 9.78 Å².